The number of rotatable bonds is 5. The first-order chi connectivity index (χ1) is 9.97. The van der Waals surface area contributed by atoms with Crippen molar-refractivity contribution in [3.8, 4) is 0 Å². The Kier molecular flexibility index (Phi) is 6.01. The van der Waals surface area contributed by atoms with Crippen LogP contribution < -0.4 is 5.32 Å². The summed E-state index contributed by atoms with van der Waals surface area (Å²) in [5.74, 6) is 0.480. The van der Waals surface area contributed by atoms with Gasteiger partial charge in [-0.1, -0.05) is 0 Å². The minimum absolute atomic E-state index is 0.172. The van der Waals surface area contributed by atoms with Gasteiger partial charge in [0, 0.05) is 26.2 Å². The average molecular weight is 317 g/mol. The Balaban J connectivity index is 1.69. The molecule has 0 radical (unpaired) electrons. The van der Waals surface area contributed by atoms with Crippen LogP contribution in [0.4, 0.5) is 0 Å². The molecule has 1 N–H and O–H groups in total. The molecule has 2 aliphatic heterocycles. The Morgan fingerprint density at radius 2 is 1.86 bits per heavy atom. The second-order valence-electron chi connectivity index (χ2n) is 6.20. The zero-order valence-electron chi connectivity index (χ0n) is 12.9. The Labute approximate surface area is 127 Å². The molecule has 0 aliphatic carbocycles. The molecule has 0 spiro atoms. The molecule has 2 fully saturated rings. The molecule has 1 unspecified atom stereocenters. The summed E-state index contributed by atoms with van der Waals surface area (Å²) >= 11 is 0. The molecule has 0 saturated carbocycles. The molecule has 0 bridgehead atoms. The van der Waals surface area contributed by atoms with Crippen LogP contribution in [0.5, 0.6) is 0 Å². The standard InChI is InChI=1S/C14H27N3O3S/c1-21(19,20)17-9-5-6-13(12-17)10-15-11-14(18)16-7-3-2-4-8-16/h13,15H,2-12H2,1H3. The van der Waals surface area contributed by atoms with Gasteiger partial charge in [0.15, 0.2) is 0 Å². The van der Waals surface area contributed by atoms with E-state index in [2.05, 4.69) is 5.32 Å². The van der Waals surface area contributed by atoms with Gasteiger partial charge in [0.1, 0.15) is 0 Å². The Bertz CT molecular complexity index is 446. The number of hydrogen-bond donors (Lipinski definition) is 1. The minimum Gasteiger partial charge on any atom is -0.342 e. The van der Waals surface area contributed by atoms with E-state index in [4.69, 9.17) is 0 Å². The van der Waals surface area contributed by atoms with E-state index in [0.717, 1.165) is 38.8 Å². The molecule has 6 nitrogen and oxygen atoms in total. The summed E-state index contributed by atoms with van der Waals surface area (Å²) in [5.41, 5.74) is 0. The molecular formula is C14H27N3O3S. The van der Waals surface area contributed by atoms with E-state index in [1.54, 1.807) is 4.31 Å². The van der Waals surface area contributed by atoms with E-state index in [9.17, 15) is 13.2 Å². The number of carbonyl (C=O) groups is 1. The number of nitrogens with zero attached hydrogens (tertiary/aromatic N) is 2. The van der Waals surface area contributed by atoms with Crippen molar-refractivity contribution in [3.05, 3.63) is 0 Å². The molecule has 0 aromatic heterocycles. The number of piperidine rings is 2. The predicted octanol–water partition coefficient (Wildman–Crippen LogP) is 0.260. The number of likely N-dealkylation sites (tertiary alicyclic amines) is 1. The highest BCUT2D eigenvalue weighted by Crippen LogP contribution is 2.17. The second-order valence-corrected chi connectivity index (χ2v) is 8.18. The first-order valence-corrected chi connectivity index (χ1v) is 9.75. The normalized spacial score (nSPS) is 25.0. The summed E-state index contributed by atoms with van der Waals surface area (Å²) in [6, 6.07) is 0. The van der Waals surface area contributed by atoms with Crippen molar-refractivity contribution >= 4 is 15.9 Å². The smallest absolute Gasteiger partial charge is 0.236 e. The van der Waals surface area contributed by atoms with Crippen molar-refractivity contribution in [2.75, 3.05) is 45.5 Å². The summed E-state index contributed by atoms with van der Waals surface area (Å²) in [6.45, 7) is 4.05. The number of nitrogens with one attached hydrogen (secondary N) is 1. The van der Waals surface area contributed by atoms with Gasteiger partial charge in [0.25, 0.3) is 0 Å². The summed E-state index contributed by atoms with van der Waals surface area (Å²) in [7, 11) is -3.09. The van der Waals surface area contributed by atoms with E-state index in [1.165, 1.54) is 12.7 Å². The van der Waals surface area contributed by atoms with E-state index < -0.39 is 10.0 Å². The quantitative estimate of drug-likeness (QED) is 0.790. The second kappa shape index (κ2) is 7.56. The van der Waals surface area contributed by atoms with Gasteiger partial charge in [-0.15, -0.1) is 0 Å². The summed E-state index contributed by atoms with van der Waals surface area (Å²) in [5, 5.41) is 3.21. The van der Waals surface area contributed by atoms with Crippen LogP contribution in [0.25, 0.3) is 0 Å². The monoisotopic (exact) mass is 317 g/mol. The predicted molar refractivity (Wildman–Crippen MR) is 82.4 cm³/mol. The van der Waals surface area contributed by atoms with Crippen LogP contribution in [0.3, 0.4) is 0 Å². The molecule has 2 rings (SSSR count). The van der Waals surface area contributed by atoms with Crippen molar-refractivity contribution < 1.29 is 13.2 Å². The van der Waals surface area contributed by atoms with Crippen molar-refractivity contribution in [2.24, 2.45) is 5.92 Å². The molecule has 21 heavy (non-hydrogen) atoms. The minimum atomic E-state index is -3.09. The van der Waals surface area contributed by atoms with Crippen LogP contribution >= 0.6 is 0 Å². The molecule has 2 aliphatic rings. The number of carbonyl (C=O) groups excluding carboxylic acids is 1. The zero-order chi connectivity index (χ0) is 15.3. The lowest BCUT2D eigenvalue weighted by Gasteiger charge is -2.31. The van der Waals surface area contributed by atoms with Crippen LogP contribution in [0.2, 0.25) is 0 Å². The Morgan fingerprint density at radius 1 is 1.14 bits per heavy atom. The highest BCUT2D eigenvalue weighted by molar-refractivity contribution is 7.88. The molecule has 0 aromatic rings. The van der Waals surface area contributed by atoms with Crippen molar-refractivity contribution in [2.45, 2.75) is 32.1 Å². The molecule has 2 heterocycles. The maximum atomic E-state index is 12.0. The van der Waals surface area contributed by atoms with Gasteiger partial charge in [0.2, 0.25) is 15.9 Å². The molecule has 122 valence electrons. The van der Waals surface area contributed by atoms with E-state index in [-0.39, 0.29) is 5.91 Å². The highest BCUT2D eigenvalue weighted by atomic mass is 32.2. The van der Waals surface area contributed by atoms with Gasteiger partial charge in [0.05, 0.1) is 12.8 Å². The maximum absolute atomic E-state index is 12.0. The van der Waals surface area contributed by atoms with Crippen molar-refractivity contribution in [1.82, 2.24) is 14.5 Å². The van der Waals surface area contributed by atoms with Gasteiger partial charge < -0.3 is 10.2 Å². The van der Waals surface area contributed by atoms with Crippen LogP contribution in [-0.2, 0) is 14.8 Å². The fourth-order valence-corrected chi connectivity index (χ4v) is 4.08. The molecule has 1 atom stereocenters. The highest BCUT2D eigenvalue weighted by Gasteiger charge is 2.25. The fourth-order valence-electron chi connectivity index (χ4n) is 3.13. The largest absolute Gasteiger partial charge is 0.342 e. The summed E-state index contributed by atoms with van der Waals surface area (Å²) in [4.78, 5) is 14.0. The number of amides is 1. The topological polar surface area (TPSA) is 69.7 Å². The third-order valence-electron chi connectivity index (χ3n) is 4.37. The van der Waals surface area contributed by atoms with Gasteiger partial charge in [-0.3, -0.25) is 4.79 Å². The van der Waals surface area contributed by atoms with Gasteiger partial charge in [-0.05, 0) is 44.6 Å². The van der Waals surface area contributed by atoms with Gasteiger partial charge in [-0.25, -0.2) is 12.7 Å². The average Bonchev–Trinajstić information content (AvgIpc) is 2.47. The molecular weight excluding hydrogens is 290 g/mol. The lowest BCUT2D eigenvalue weighted by molar-refractivity contribution is -0.131. The van der Waals surface area contributed by atoms with Crippen molar-refractivity contribution in [1.29, 1.82) is 0 Å². The molecule has 0 aromatic carbocycles. The fraction of sp³-hybridized carbons (Fsp3) is 0.929. The van der Waals surface area contributed by atoms with Gasteiger partial charge in [-0.2, -0.15) is 0 Å². The lowest BCUT2D eigenvalue weighted by Crippen LogP contribution is -2.45. The van der Waals surface area contributed by atoms with E-state index in [1.807, 2.05) is 4.90 Å². The molecule has 1 amide bonds. The SMILES string of the molecule is CS(=O)(=O)N1CCCC(CNCC(=O)N2CCCCC2)C1. The van der Waals surface area contributed by atoms with Crippen LogP contribution in [0.15, 0.2) is 0 Å². The first-order valence-electron chi connectivity index (χ1n) is 7.90. The number of hydrogen-bond acceptors (Lipinski definition) is 4. The van der Waals surface area contributed by atoms with Crippen molar-refractivity contribution in [3.63, 3.8) is 0 Å². The molecule has 2 saturated heterocycles. The summed E-state index contributed by atoms with van der Waals surface area (Å²) < 4.78 is 24.7. The Hall–Kier alpha value is -0.660. The zero-order valence-corrected chi connectivity index (χ0v) is 13.7. The third kappa shape index (κ3) is 5.23. The number of sulfonamides is 1. The maximum Gasteiger partial charge on any atom is 0.236 e. The molecule has 7 heteroatoms. The van der Waals surface area contributed by atoms with E-state index >= 15 is 0 Å². The van der Waals surface area contributed by atoms with Gasteiger partial charge >= 0.3 is 0 Å². The van der Waals surface area contributed by atoms with Crippen LogP contribution in [-0.4, -0.2) is 69.1 Å². The van der Waals surface area contributed by atoms with Crippen LogP contribution in [0, 0.1) is 5.92 Å². The van der Waals surface area contributed by atoms with Crippen LogP contribution in [0.1, 0.15) is 32.1 Å². The Morgan fingerprint density at radius 3 is 2.52 bits per heavy atom. The van der Waals surface area contributed by atoms with E-state index in [0.29, 0.717) is 32.1 Å². The lowest BCUT2D eigenvalue weighted by atomic mass is 10.00. The third-order valence-corrected chi connectivity index (χ3v) is 5.64. The summed E-state index contributed by atoms with van der Waals surface area (Å²) in [6.07, 6.45) is 6.63. The first kappa shape index (κ1) is 16.7.